The Kier molecular flexibility index (Phi) is 4.54. The summed E-state index contributed by atoms with van der Waals surface area (Å²) in [5.41, 5.74) is -2.83. The van der Waals surface area contributed by atoms with E-state index in [-0.39, 0.29) is 22.5 Å². The van der Waals surface area contributed by atoms with E-state index in [0.717, 1.165) is 5.56 Å². The van der Waals surface area contributed by atoms with E-state index in [2.05, 4.69) is 5.32 Å². The molecule has 2 aromatic rings. The predicted molar refractivity (Wildman–Crippen MR) is 72.1 cm³/mol. The second kappa shape index (κ2) is 6.17. The number of halogens is 4. The van der Waals surface area contributed by atoms with Gasteiger partial charge in [0.05, 0.1) is 0 Å². The standard InChI is InChI=1S/C14H11F4NS/c15-11-2-1-3-12(8-11)19-9-10-4-6-13(7-5-10)20-14(16,17)18/h1-8,19H,9H2. The average Bonchev–Trinajstić information content (AvgIpc) is 2.36. The van der Waals surface area contributed by atoms with E-state index < -0.39 is 5.51 Å². The molecule has 0 atom stereocenters. The Morgan fingerprint density at radius 3 is 2.30 bits per heavy atom. The van der Waals surface area contributed by atoms with Gasteiger partial charge in [-0.15, -0.1) is 0 Å². The van der Waals surface area contributed by atoms with Crippen molar-refractivity contribution in [3.8, 4) is 0 Å². The van der Waals surface area contributed by atoms with Crippen molar-refractivity contribution >= 4 is 17.4 Å². The molecule has 0 radical (unpaired) electrons. The Morgan fingerprint density at radius 1 is 1.00 bits per heavy atom. The van der Waals surface area contributed by atoms with Crippen LogP contribution in [-0.2, 0) is 6.54 Å². The van der Waals surface area contributed by atoms with Crippen LogP contribution in [0, 0.1) is 5.82 Å². The highest BCUT2D eigenvalue weighted by atomic mass is 32.2. The maximum atomic E-state index is 13.0. The van der Waals surface area contributed by atoms with Crippen LogP contribution in [0.3, 0.4) is 0 Å². The first kappa shape index (κ1) is 14.7. The monoisotopic (exact) mass is 301 g/mol. The molecule has 2 rings (SSSR count). The summed E-state index contributed by atoms with van der Waals surface area (Å²) in [4.78, 5) is 0.145. The summed E-state index contributed by atoms with van der Waals surface area (Å²) in [6, 6.07) is 12.1. The van der Waals surface area contributed by atoms with Gasteiger partial charge < -0.3 is 5.32 Å². The lowest BCUT2D eigenvalue weighted by molar-refractivity contribution is -0.0328. The summed E-state index contributed by atoms with van der Waals surface area (Å²) in [5, 5.41) is 3.00. The van der Waals surface area contributed by atoms with Crippen LogP contribution >= 0.6 is 11.8 Å². The van der Waals surface area contributed by atoms with Gasteiger partial charge in [-0.25, -0.2) is 4.39 Å². The van der Waals surface area contributed by atoms with Gasteiger partial charge >= 0.3 is 5.51 Å². The van der Waals surface area contributed by atoms with Gasteiger partial charge in [0.25, 0.3) is 0 Å². The molecule has 0 unspecified atom stereocenters. The first-order chi connectivity index (χ1) is 9.42. The minimum absolute atomic E-state index is 0.144. The molecule has 2 aromatic carbocycles. The molecular weight excluding hydrogens is 290 g/mol. The lowest BCUT2D eigenvalue weighted by Crippen LogP contribution is -2.01. The molecule has 0 saturated heterocycles. The number of alkyl halides is 3. The van der Waals surface area contributed by atoms with Crippen LogP contribution in [0.5, 0.6) is 0 Å². The Bertz CT molecular complexity index is 566. The Labute approximate surface area is 118 Å². The highest BCUT2D eigenvalue weighted by molar-refractivity contribution is 8.00. The van der Waals surface area contributed by atoms with Gasteiger partial charge in [0.1, 0.15) is 5.82 Å². The molecule has 106 valence electrons. The summed E-state index contributed by atoms with van der Waals surface area (Å²) in [5.74, 6) is -0.341. The molecule has 6 heteroatoms. The summed E-state index contributed by atoms with van der Waals surface area (Å²) >= 11 is -0.144. The number of benzene rings is 2. The van der Waals surface area contributed by atoms with Crippen LogP contribution in [0.4, 0.5) is 23.2 Å². The fraction of sp³-hybridized carbons (Fsp3) is 0.143. The number of nitrogens with one attached hydrogen (secondary N) is 1. The lowest BCUT2D eigenvalue weighted by Gasteiger charge is -2.08. The molecule has 0 bridgehead atoms. The highest BCUT2D eigenvalue weighted by Crippen LogP contribution is 2.36. The smallest absolute Gasteiger partial charge is 0.381 e. The van der Waals surface area contributed by atoms with E-state index >= 15 is 0 Å². The molecule has 0 aliphatic carbocycles. The second-order valence-electron chi connectivity index (χ2n) is 4.06. The van der Waals surface area contributed by atoms with E-state index in [9.17, 15) is 17.6 Å². The third-order valence-corrected chi connectivity index (χ3v) is 3.22. The highest BCUT2D eigenvalue weighted by Gasteiger charge is 2.28. The second-order valence-corrected chi connectivity index (χ2v) is 5.19. The third-order valence-electron chi connectivity index (χ3n) is 2.48. The molecule has 0 fully saturated rings. The van der Waals surface area contributed by atoms with E-state index in [0.29, 0.717) is 12.2 Å². The van der Waals surface area contributed by atoms with E-state index in [1.54, 1.807) is 24.3 Å². The maximum absolute atomic E-state index is 13.0. The summed E-state index contributed by atoms with van der Waals surface area (Å²) < 4.78 is 49.4. The fourth-order valence-electron chi connectivity index (χ4n) is 1.61. The summed E-state index contributed by atoms with van der Waals surface area (Å²) in [6.07, 6.45) is 0. The molecule has 0 heterocycles. The molecule has 0 aliphatic heterocycles. The molecule has 0 saturated carbocycles. The van der Waals surface area contributed by atoms with Crippen molar-refractivity contribution in [1.29, 1.82) is 0 Å². The number of thioether (sulfide) groups is 1. The molecule has 1 nitrogen and oxygen atoms in total. The van der Waals surface area contributed by atoms with E-state index in [4.69, 9.17) is 0 Å². The van der Waals surface area contributed by atoms with E-state index in [1.807, 2.05) is 0 Å². The number of anilines is 1. The summed E-state index contributed by atoms with van der Waals surface area (Å²) in [6.45, 7) is 0.417. The average molecular weight is 301 g/mol. The molecule has 0 spiro atoms. The van der Waals surface area contributed by atoms with Crippen LogP contribution in [0.2, 0.25) is 0 Å². The zero-order chi connectivity index (χ0) is 14.6. The Hall–Kier alpha value is -1.69. The molecular formula is C14H11F4NS. The quantitative estimate of drug-likeness (QED) is 0.626. The zero-order valence-electron chi connectivity index (χ0n) is 10.2. The first-order valence-electron chi connectivity index (χ1n) is 5.76. The minimum Gasteiger partial charge on any atom is -0.381 e. The van der Waals surface area contributed by atoms with Crippen LogP contribution in [-0.4, -0.2) is 5.51 Å². The summed E-state index contributed by atoms with van der Waals surface area (Å²) in [7, 11) is 0. The molecule has 0 aliphatic rings. The predicted octanol–water partition coefficient (Wildman–Crippen LogP) is 5.05. The van der Waals surface area contributed by atoms with Gasteiger partial charge in [0.2, 0.25) is 0 Å². The van der Waals surface area contributed by atoms with Crippen molar-refractivity contribution in [2.45, 2.75) is 16.9 Å². The van der Waals surface area contributed by atoms with Gasteiger partial charge in [-0.3, -0.25) is 0 Å². The van der Waals surface area contributed by atoms with Crippen LogP contribution in [0.15, 0.2) is 53.4 Å². The normalized spacial score (nSPS) is 11.4. The maximum Gasteiger partial charge on any atom is 0.446 e. The van der Waals surface area contributed by atoms with Crippen LogP contribution < -0.4 is 5.32 Å². The molecule has 0 aromatic heterocycles. The van der Waals surface area contributed by atoms with Gasteiger partial charge in [-0.2, -0.15) is 13.2 Å². The van der Waals surface area contributed by atoms with Gasteiger partial charge in [0.15, 0.2) is 0 Å². The van der Waals surface area contributed by atoms with Crippen LogP contribution in [0.1, 0.15) is 5.56 Å². The van der Waals surface area contributed by atoms with E-state index in [1.165, 1.54) is 24.3 Å². The largest absolute Gasteiger partial charge is 0.446 e. The number of hydrogen-bond acceptors (Lipinski definition) is 2. The Balaban J connectivity index is 1.94. The molecule has 1 N–H and O–H groups in total. The fourth-order valence-corrected chi connectivity index (χ4v) is 2.15. The molecule has 20 heavy (non-hydrogen) atoms. The molecule has 0 amide bonds. The SMILES string of the molecule is Fc1cccc(NCc2ccc(SC(F)(F)F)cc2)c1. The number of rotatable bonds is 4. The van der Waals surface area contributed by atoms with Crippen molar-refractivity contribution in [3.63, 3.8) is 0 Å². The lowest BCUT2D eigenvalue weighted by atomic mass is 10.2. The van der Waals surface area contributed by atoms with Gasteiger partial charge in [0, 0.05) is 17.1 Å². The van der Waals surface area contributed by atoms with Crippen molar-refractivity contribution in [1.82, 2.24) is 0 Å². The van der Waals surface area contributed by atoms with Gasteiger partial charge in [-0.05, 0) is 47.7 Å². The van der Waals surface area contributed by atoms with Crippen molar-refractivity contribution in [2.75, 3.05) is 5.32 Å². The third kappa shape index (κ3) is 4.77. The van der Waals surface area contributed by atoms with Gasteiger partial charge in [-0.1, -0.05) is 18.2 Å². The minimum atomic E-state index is -4.28. The first-order valence-corrected chi connectivity index (χ1v) is 6.58. The van der Waals surface area contributed by atoms with Crippen molar-refractivity contribution in [3.05, 3.63) is 59.9 Å². The number of hydrogen-bond donors (Lipinski definition) is 1. The van der Waals surface area contributed by atoms with Crippen molar-refractivity contribution in [2.24, 2.45) is 0 Å². The zero-order valence-corrected chi connectivity index (χ0v) is 11.1. The topological polar surface area (TPSA) is 12.0 Å². The Morgan fingerprint density at radius 2 is 1.70 bits per heavy atom. The van der Waals surface area contributed by atoms with Crippen molar-refractivity contribution < 1.29 is 17.6 Å². The van der Waals surface area contributed by atoms with Crippen LogP contribution in [0.25, 0.3) is 0 Å².